The van der Waals surface area contributed by atoms with Crippen LogP contribution in [0.25, 0.3) is 10.8 Å². The lowest BCUT2D eigenvalue weighted by Gasteiger charge is -2.11. The van der Waals surface area contributed by atoms with Gasteiger partial charge in [0, 0.05) is 34.9 Å². The minimum absolute atomic E-state index is 0.253. The van der Waals surface area contributed by atoms with E-state index in [1.807, 2.05) is 24.3 Å². The second kappa shape index (κ2) is 7.70. The minimum atomic E-state index is -0.253. The van der Waals surface area contributed by atoms with Crippen molar-refractivity contribution in [1.29, 1.82) is 0 Å². The molecular weight excluding hydrogens is 322 g/mol. The van der Waals surface area contributed by atoms with E-state index in [4.69, 9.17) is 11.6 Å². The van der Waals surface area contributed by atoms with Crippen LogP contribution < -0.4 is 16.0 Å². The van der Waals surface area contributed by atoms with Crippen molar-refractivity contribution in [2.75, 3.05) is 23.7 Å². The van der Waals surface area contributed by atoms with E-state index in [2.05, 4.69) is 34.1 Å². The molecule has 0 unspecified atom stereocenters. The molecule has 0 aliphatic rings. The number of halogens is 1. The highest BCUT2D eigenvalue weighted by atomic mass is 35.5. The Hall–Kier alpha value is -2.72. The van der Waals surface area contributed by atoms with E-state index in [9.17, 15) is 4.79 Å². The molecule has 0 saturated heterocycles. The molecule has 3 aromatic rings. The summed E-state index contributed by atoms with van der Waals surface area (Å²) >= 11 is 5.89. The first kappa shape index (κ1) is 16.1. The third-order valence-electron chi connectivity index (χ3n) is 3.60. The van der Waals surface area contributed by atoms with Crippen LogP contribution in [-0.2, 0) is 0 Å². The third kappa shape index (κ3) is 4.18. The molecule has 4 nitrogen and oxygen atoms in total. The van der Waals surface area contributed by atoms with Crippen molar-refractivity contribution in [3.05, 3.63) is 71.8 Å². The van der Waals surface area contributed by atoms with Crippen LogP contribution in [0.1, 0.15) is 0 Å². The largest absolute Gasteiger partial charge is 0.383 e. The van der Waals surface area contributed by atoms with Gasteiger partial charge in [-0.25, -0.2) is 4.79 Å². The molecule has 0 fully saturated rings. The lowest BCUT2D eigenvalue weighted by atomic mass is 10.1. The average molecular weight is 340 g/mol. The summed E-state index contributed by atoms with van der Waals surface area (Å²) in [6.45, 7) is 1.15. The van der Waals surface area contributed by atoms with Gasteiger partial charge in [-0.15, -0.1) is 0 Å². The summed E-state index contributed by atoms with van der Waals surface area (Å²) in [5.41, 5.74) is 1.73. The molecule has 3 aromatic carbocycles. The third-order valence-corrected chi connectivity index (χ3v) is 3.83. The molecule has 122 valence electrons. The van der Waals surface area contributed by atoms with E-state index in [1.165, 1.54) is 10.8 Å². The van der Waals surface area contributed by atoms with E-state index in [0.29, 0.717) is 23.8 Å². The number of fused-ring (bicyclic) bond motifs is 1. The van der Waals surface area contributed by atoms with Crippen LogP contribution in [0.4, 0.5) is 16.2 Å². The van der Waals surface area contributed by atoms with E-state index in [-0.39, 0.29) is 6.03 Å². The predicted molar refractivity (Wildman–Crippen MR) is 101 cm³/mol. The highest BCUT2D eigenvalue weighted by Gasteiger charge is 2.02. The molecule has 5 heteroatoms. The highest BCUT2D eigenvalue weighted by Crippen LogP contribution is 2.22. The molecule has 2 amide bonds. The number of carbonyl (C=O) groups is 1. The van der Waals surface area contributed by atoms with Gasteiger partial charge in [0.2, 0.25) is 0 Å². The molecule has 3 N–H and O–H groups in total. The SMILES string of the molecule is O=C(NCCNc1cccc2ccccc12)Nc1cccc(Cl)c1. The highest BCUT2D eigenvalue weighted by molar-refractivity contribution is 6.30. The van der Waals surface area contributed by atoms with Crippen molar-refractivity contribution >= 4 is 39.8 Å². The first-order valence-electron chi connectivity index (χ1n) is 7.74. The number of hydrogen-bond acceptors (Lipinski definition) is 2. The molecule has 0 radical (unpaired) electrons. The Labute approximate surface area is 145 Å². The number of rotatable bonds is 5. The van der Waals surface area contributed by atoms with Crippen molar-refractivity contribution < 1.29 is 4.79 Å². The summed E-state index contributed by atoms with van der Waals surface area (Å²) in [5.74, 6) is 0. The van der Waals surface area contributed by atoms with Gasteiger partial charge < -0.3 is 16.0 Å². The Balaban J connectivity index is 1.49. The van der Waals surface area contributed by atoms with Gasteiger partial charge in [-0.2, -0.15) is 0 Å². The van der Waals surface area contributed by atoms with E-state index < -0.39 is 0 Å². The number of nitrogens with one attached hydrogen (secondary N) is 3. The van der Waals surface area contributed by atoms with Gasteiger partial charge in [0.05, 0.1) is 0 Å². The van der Waals surface area contributed by atoms with Crippen LogP contribution >= 0.6 is 11.6 Å². The Morgan fingerprint density at radius 2 is 1.71 bits per heavy atom. The second-order valence-electron chi connectivity index (χ2n) is 5.34. The summed E-state index contributed by atoms with van der Waals surface area (Å²) in [6, 6.07) is 21.1. The Morgan fingerprint density at radius 3 is 2.58 bits per heavy atom. The lowest BCUT2D eigenvalue weighted by molar-refractivity contribution is 0.252. The average Bonchev–Trinajstić information content (AvgIpc) is 2.59. The Kier molecular flexibility index (Phi) is 5.18. The number of hydrogen-bond donors (Lipinski definition) is 3. The van der Waals surface area contributed by atoms with Crippen molar-refractivity contribution in [1.82, 2.24) is 5.32 Å². The molecule has 24 heavy (non-hydrogen) atoms. The van der Waals surface area contributed by atoms with Crippen LogP contribution in [0.5, 0.6) is 0 Å². The van der Waals surface area contributed by atoms with E-state index in [0.717, 1.165) is 5.69 Å². The molecule has 0 bridgehead atoms. The normalized spacial score (nSPS) is 10.4. The minimum Gasteiger partial charge on any atom is -0.383 e. The molecule has 0 aliphatic carbocycles. The zero-order chi connectivity index (χ0) is 16.8. The smallest absolute Gasteiger partial charge is 0.319 e. The first-order valence-corrected chi connectivity index (χ1v) is 8.12. The first-order chi connectivity index (χ1) is 11.7. The van der Waals surface area contributed by atoms with Crippen LogP contribution in [0, 0.1) is 0 Å². The topological polar surface area (TPSA) is 53.2 Å². The Bertz CT molecular complexity index is 845. The van der Waals surface area contributed by atoms with Gasteiger partial charge in [-0.3, -0.25) is 0 Å². The fraction of sp³-hybridized carbons (Fsp3) is 0.105. The van der Waals surface area contributed by atoms with Gasteiger partial charge in [0.25, 0.3) is 0 Å². The molecule has 0 heterocycles. The van der Waals surface area contributed by atoms with Crippen molar-refractivity contribution in [3.63, 3.8) is 0 Å². The maximum absolute atomic E-state index is 11.9. The standard InChI is InChI=1S/C19H18ClN3O/c20-15-7-4-8-16(13-15)23-19(24)22-12-11-21-18-10-3-6-14-5-1-2-9-17(14)18/h1-10,13,21H,11-12H2,(H2,22,23,24). The quantitative estimate of drug-likeness (QED) is 0.589. The van der Waals surface area contributed by atoms with Crippen LogP contribution in [0.3, 0.4) is 0 Å². The lowest BCUT2D eigenvalue weighted by Crippen LogP contribution is -2.32. The van der Waals surface area contributed by atoms with E-state index >= 15 is 0 Å². The van der Waals surface area contributed by atoms with Gasteiger partial charge in [-0.1, -0.05) is 54.1 Å². The van der Waals surface area contributed by atoms with Crippen molar-refractivity contribution in [3.8, 4) is 0 Å². The molecule has 3 rings (SSSR count). The summed E-state index contributed by atoms with van der Waals surface area (Å²) in [5, 5.41) is 11.9. The number of amides is 2. The maximum Gasteiger partial charge on any atom is 0.319 e. The number of benzene rings is 3. The van der Waals surface area contributed by atoms with Crippen LogP contribution in [0.2, 0.25) is 5.02 Å². The summed E-state index contributed by atoms with van der Waals surface area (Å²) in [4.78, 5) is 11.9. The van der Waals surface area contributed by atoms with Gasteiger partial charge in [0.15, 0.2) is 0 Å². The Morgan fingerprint density at radius 1 is 0.917 bits per heavy atom. The summed E-state index contributed by atoms with van der Waals surface area (Å²) in [6.07, 6.45) is 0. The molecule has 0 saturated carbocycles. The van der Waals surface area contributed by atoms with Crippen LogP contribution in [0.15, 0.2) is 66.7 Å². The molecule has 0 aromatic heterocycles. The number of anilines is 2. The summed E-state index contributed by atoms with van der Waals surface area (Å²) in [7, 11) is 0. The molecular formula is C19H18ClN3O. The monoisotopic (exact) mass is 339 g/mol. The second-order valence-corrected chi connectivity index (χ2v) is 5.78. The van der Waals surface area contributed by atoms with E-state index in [1.54, 1.807) is 24.3 Å². The summed E-state index contributed by atoms with van der Waals surface area (Å²) < 4.78 is 0. The van der Waals surface area contributed by atoms with Gasteiger partial charge >= 0.3 is 6.03 Å². The molecule has 0 aliphatic heterocycles. The zero-order valence-corrected chi connectivity index (χ0v) is 13.8. The van der Waals surface area contributed by atoms with Crippen molar-refractivity contribution in [2.45, 2.75) is 0 Å². The van der Waals surface area contributed by atoms with Gasteiger partial charge in [0.1, 0.15) is 0 Å². The molecule has 0 spiro atoms. The van der Waals surface area contributed by atoms with Crippen molar-refractivity contribution in [2.24, 2.45) is 0 Å². The maximum atomic E-state index is 11.9. The van der Waals surface area contributed by atoms with Crippen LogP contribution in [-0.4, -0.2) is 19.1 Å². The zero-order valence-electron chi connectivity index (χ0n) is 13.1. The predicted octanol–water partition coefficient (Wildman–Crippen LogP) is 4.73. The number of urea groups is 1. The van der Waals surface area contributed by atoms with Gasteiger partial charge in [-0.05, 0) is 29.7 Å². The molecule has 0 atom stereocenters. The fourth-order valence-electron chi connectivity index (χ4n) is 2.49. The fourth-order valence-corrected chi connectivity index (χ4v) is 2.68. The number of carbonyl (C=O) groups excluding carboxylic acids is 1.